The maximum absolute atomic E-state index is 4.63. The molecule has 0 spiro atoms. The lowest BCUT2D eigenvalue weighted by molar-refractivity contribution is 0.186. The quantitative estimate of drug-likeness (QED) is 0.619. The first-order valence-corrected chi connectivity index (χ1v) is 6.71. The summed E-state index contributed by atoms with van der Waals surface area (Å²) in [5.41, 5.74) is 2.30. The predicted octanol–water partition coefficient (Wildman–Crippen LogP) is 2.51. The predicted molar refractivity (Wildman–Crippen MR) is 82.2 cm³/mol. The van der Waals surface area contributed by atoms with E-state index in [4.69, 9.17) is 0 Å². The maximum atomic E-state index is 4.63. The van der Waals surface area contributed by atoms with Gasteiger partial charge >= 0.3 is 0 Å². The molecule has 1 aliphatic heterocycles. The van der Waals surface area contributed by atoms with Crippen LogP contribution in [-0.2, 0) is 0 Å². The number of likely N-dealkylation sites (tertiary alicyclic amines) is 1. The molecule has 102 valence electrons. The number of nitrogens with zero attached hydrogens (tertiary/aromatic N) is 2. The van der Waals surface area contributed by atoms with Gasteiger partial charge in [-0.3, -0.25) is 4.90 Å². The Labute approximate surface area is 116 Å². The zero-order chi connectivity index (χ0) is 14.0. The second-order valence-corrected chi connectivity index (χ2v) is 5.34. The van der Waals surface area contributed by atoms with Crippen LogP contribution >= 0.6 is 0 Å². The molecule has 1 aliphatic carbocycles. The van der Waals surface area contributed by atoms with Crippen LogP contribution in [0.1, 0.15) is 13.3 Å². The number of likely N-dealkylation sites (N-methyl/N-ethyl adjacent to an activating group) is 1. The fourth-order valence-electron chi connectivity index (χ4n) is 2.56. The molecule has 1 heterocycles. The van der Waals surface area contributed by atoms with Gasteiger partial charge in [0.2, 0.25) is 0 Å². The highest BCUT2D eigenvalue weighted by molar-refractivity contribution is 5.92. The Kier molecular flexibility index (Phi) is 4.05. The number of allylic oxidation sites excluding steroid dienone is 2. The van der Waals surface area contributed by atoms with Gasteiger partial charge in [-0.1, -0.05) is 43.0 Å². The number of nitrogens with one attached hydrogen (secondary N) is 1. The van der Waals surface area contributed by atoms with Crippen molar-refractivity contribution in [3.8, 4) is 0 Å². The third-order valence-corrected chi connectivity index (χ3v) is 3.85. The summed E-state index contributed by atoms with van der Waals surface area (Å²) in [6.07, 6.45) is 9.76. The minimum atomic E-state index is 0.381. The van der Waals surface area contributed by atoms with Crippen LogP contribution in [0.3, 0.4) is 0 Å². The first-order valence-electron chi connectivity index (χ1n) is 6.71. The lowest BCUT2D eigenvalue weighted by Gasteiger charge is -2.46. The third-order valence-electron chi connectivity index (χ3n) is 3.85. The van der Waals surface area contributed by atoms with Crippen LogP contribution in [0, 0.1) is 5.92 Å². The van der Waals surface area contributed by atoms with Gasteiger partial charge in [-0.05, 0) is 14.0 Å². The summed E-state index contributed by atoms with van der Waals surface area (Å²) in [5.74, 6) is 1.19. The Hall–Kier alpha value is -1.61. The van der Waals surface area contributed by atoms with E-state index in [2.05, 4.69) is 59.7 Å². The smallest absolute Gasteiger partial charge is 0.118 e. The number of piperidine rings is 1. The van der Waals surface area contributed by atoms with Crippen molar-refractivity contribution in [2.75, 3.05) is 14.1 Å². The van der Waals surface area contributed by atoms with Gasteiger partial charge in [0.05, 0.1) is 0 Å². The Bertz CT molecular complexity index is 470. The van der Waals surface area contributed by atoms with E-state index < -0.39 is 0 Å². The average Bonchev–Trinajstić information content (AvgIpc) is 2.30. The normalized spacial score (nSPS) is 32.2. The summed E-state index contributed by atoms with van der Waals surface area (Å²) in [7, 11) is 4.03. The SMILES string of the molecule is C=C(C)/C=C\C1C/C(=N\C(=C)NC)C2C=CC2N1C. The van der Waals surface area contributed by atoms with Crippen molar-refractivity contribution in [2.24, 2.45) is 10.9 Å². The average molecular weight is 257 g/mol. The molecular formula is C16H23N3. The molecule has 3 heteroatoms. The topological polar surface area (TPSA) is 27.6 Å². The molecule has 0 aromatic heterocycles. The van der Waals surface area contributed by atoms with E-state index in [1.165, 1.54) is 5.71 Å². The maximum Gasteiger partial charge on any atom is 0.118 e. The molecule has 3 unspecified atom stereocenters. The molecule has 0 saturated carbocycles. The van der Waals surface area contributed by atoms with Crippen LogP contribution in [-0.4, -0.2) is 36.8 Å². The second kappa shape index (κ2) is 5.57. The van der Waals surface area contributed by atoms with Gasteiger partial charge in [-0.2, -0.15) is 0 Å². The van der Waals surface area contributed by atoms with Crippen LogP contribution in [0.2, 0.25) is 0 Å². The van der Waals surface area contributed by atoms with Crippen LogP contribution in [0.4, 0.5) is 0 Å². The van der Waals surface area contributed by atoms with E-state index in [1.54, 1.807) is 0 Å². The van der Waals surface area contributed by atoms with E-state index in [9.17, 15) is 0 Å². The molecular weight excluding hydrogens is 234 g/mol. The van der Waals surface area contributed by atoms with Gasteiger partial charge < -0.3 is 5.32 Å². The van der Waals surface area contributed by atoms with Crippen LogP contribution in [0.5, 0.6) is 0 Å². The highest BCUT2D eigenvalue weighted by atomic mass is 15.2. The summed E-state index contributed by atoms with van der Waals surface area (Å²) in [5, 5.41) is 3.00. The zero-order valence-corrected chi connectivity index (χ0v) is 12.1. The molecule has 0 aromatic carbocycles. The number of rotatable bonds is 4. The van der Waals surface area contributed by atoms with Crippen molar-refractivity contribution in [3.05, 3.63) is 48.9 Å². The van der Waals surface area contributed by atoms with Crippen LogP contribution in [0.25, 0.3) is 0 Å². The van der Waals surface area contributed by atoms with Gasteiger partial charge in [0.25, 0.3) is 0 Å². The first kappa shape index (κ1) is 13.8. The third kappa shape index (κ3) is 2.87. The molecule has 3 atom stereocenters. The Balaban J connectivity index is 2.19. The summed E-state index contributed by atoms with van der Waals surface area (Å²) in [6, 6.07) is 0.850. The van der Waals surface area contributed by atoms with Gasteiger partial charge in [0.15, 0.2) is 0 Å². The molecule has 0 bridgehead atoms. The largest absolute Gasteiger partial charge is 0.374 e. The van der Waals surface area contributed by atoms with Gasteiger partial charge in [0.1, 0.15) is 5.82 Å². The Morgan fingerprint density at radius 1 is 1.47 bits per heavy atom. The Morgan fingerprint density at radius 3 is 2.74 bits per heavy atom. The molecule has 1 saturated heterocycles. The minimum absolute atomic E-state index is 0.381. The lowest BCUT2D eigenvalue weighted by atomic mass is 9.76. The standard InChI is InChI=1S/C16H23N3/c1-11(2)6-7-13-10-15(18-12(3)17-4)14-8-9-16(14)19(13)5/h6-9,13-14,16-17H,1,3,10H2,2,4-5H3/b7-6-,18-15+. The molecule has 19 heavy (non-hydrogen) atoms. The monoisotopic (exact) mass is 257 g/mol. The number of hydrogen-bond donors (Lipinski definition) is 1. The summed E-state index contributed by atoms with van der Waals surface area (Å²) < 4.78 is 0. The summed E-state index contributed by atoms with van der Waals surface area (Å²) >= 11 is 0. The fraction of sp³-hybridized carbons (Fsp3) is 0.438. The van der Waals surface area contributed by atoms with Crippen LogP contribution in [0.15, 0.2) is 53.8 Å². The number of aliphatic imine (C=N–C) groups is 1. The van der Waals surface area contributed by atoms with E-state index >= 15 is 0 Å². The van der Waals surface area contributed by atoms with Crippen molar-refractivity contribution < 1.29 is 0 Å². The highest BCUT2D eigenvalue weighted by Gasteiger charge is 2.39. The lowest BCUT2D eigenvalue weighted by Crippen LogP contribution is -2.54. The van der Waals surface area contributed by atoms with Crippen molar-refractivity contribution in [3.63, 3.8) is 0 Å². The van der Waals surface area contributed by atoms with E-state index in [1.807, 2.05) is 14.0 Å². The molecule has 1 N–H and O–H groups in total. The van der Waals surface area contributed by atoms with E-state index in [-0.39, 0.29) is 0 Å². The minimum Gasteiger partial charge on any atom is -0.374 e. The molecule has 0 radical (unpaired) electrons. The molecule has 2 rings (SSSR count). The van der Waals surface area contributed by atoms with Crippen molar-refractivity contribution in [1.29, 1.82) is 0 Å². The fourth-order valence-corrected chi connectivity index (χ4v) is 2.56. The number of hydrogen-bond acceptors (Lipinski definition) is 3. The summed E-state index contributed by atoms with van der Waals surface area (Å²) in [6.45, 7) is 9.84. The van der Waals surface area contributed by atoms with Crippen molar-refractivity contribution in [1.82, 2.24) is 10.2 Å². The second-order valence-electron chi connectivity index (χ2n) is 5.34. The number of fused-ring (bicyclic) bond motifs is 1. The van der Waals surface area contributed by atoms with Gasteiger partial charge in [0, 0.05) is 37.2 Å². The van der Waals surface area contributed by atoms with Gasteiger partial charge in [-0.25, -0.2) is 4.99 Å². The Morgan fingerprint density at radius 2 is 2.21 bits per heavy atom. The molecule has 3 nitrogen and oxygen atoms in total. The van der Waals surface area contributed by atoms with Crippen molar-refractivity contribution >= 4 is 5.71 Å². The molecule has 0 amide bonds. The molecule has 2 aliphatic rings. The van der Waals surface area contributed by atoms with Crippen LogP contribution < -0.4 is 5.32 Å². The highest BCUT2D eigenvalue weighted by Crippen LogP contribution is 2.34. The van der Waals surface area contributed by atoms with E-state index in [0.717, 1.165) is 17.8 Å². The zero-order valence-electron chi connectivity index (χ0n) is 12.1. The van der Waals surface area contributed by atoms with E-state index in [0.29, 0.717) is 18.0 Å². The van der Waals surface area contributed by atoms with Crippen molar-refractivity contribution in [2.45, 2.75) is 25.4 Å². The summed E-state index contributed by atoms with van der Waals surface area (Å²) in [4.78, 5) is 7.03. The van der Waals surface area contributed by atoms with Gasteiger partial charge in [-0.15, -0.1) is 0 Å². The molecule has 0 aromatic rings. The first-order chi connectivity index (χ1) is 9.02. The molecule has 1 fully saturated rings.